The van der Waals surface area contributed by atoms with Crippen molar-refractivity contribution in [1.29, 1.82) is 0 Å². The molecule has 7 heteroatoms. The zero-order valence-corrected chi connectivity index (χ0v) is 11.3. The van der Waals surface area contributed by atoms with Crippen LogP contribution in [0, 0.1) is 17.5 Å². The van der Waals surface area contributed by atoms with Crippen molar-refractivity contribution >= 4 is 27.5 Å². The van der Waals surface area contributed by atoms with Crippen molar-refractivity contribution < 1.29 is 18.0 Å². The summed E-state index contributed by atoms with van der Waals surface area (Å²) < 4.78 is 41.5. The minimum atomic E-state index is -1.36. The molecule has 1 N–H and O–H groups in total. The highest BCUT2D eigenvalue weighted by Gasteiger charge is 2.16. The maximum atomic E-state index is 13.4. The van der Waals surface area contributed by atoms with Gasteiger partial charge in [0.2, 0.25) is 0 Å². The molecule has 2 aromatic rings. The number of aromatic nitrogens is 1. The Morgan fingerprint density at radius 1 is 1.26 bits per heavy atom. The van der Waals surface area contributed by atoms with Crippen LogP contribution < -0.4 is 5.32 Å². The molecule has 19 heavy (non-hydrogen) atoms. The van der Waals surface area contributed by atoms with E-state index in [-0.39, 0.29) is 5.69 Å². The quantitative estimate of drug-likeness (QED) is 0.839. The molecule has 1 aromatic carbocycles. The minimum Gasteiger partial charge on any atom is -0.345 e. The predicted octanol–water partition coefficient (Wildman–Crippen LogP) is 3.46. The maximum Gasteiger partial charge on any atom is 0.272 e. The third-order valence-electron chi connectivity index (χ3n) is 2.45. The summed E-state index contributed by atoms with van der Waals surface area (Å²) >= 11 is 3.18. The normalized spacial score (nSPS) is 10.6. The molecule has 0 fully saturated rings. The van der Waals surface area contributed by atoms with Gasteiger partial charge < -0.3 is 9.88 Å². The lowest BCUT2D eigenvalue weighted by Gasteiger charge is -2.07. The number of carbonyl (C=O) groups excluding carboxylic acids is 1. The van der Waals surface area contributed by atoms with Gasteiger partial charge in [-0.3, -0.25) is 4.79 Å². The highest BCUT2D eigenvalue weighted by Crippen LogP contribution is 2.21. The number of hydrogen-bond acceptors (Lipinski definition) is 1. The third kappa shape index (κ3) is 2.81. The number of nitrogens with one attached hydrogen (secondary N) is 1. The Balaban J connectivity index is 2.31. The molecule has 0 radical (unpaired) electrons. The molecule has 100 valence electrons. The summed E-state index contributed by atoms with van der Waals surface area (Å²) in [5.74, 6) is -4.30. The minimum absolute atomic E-state index is 0.218. The zero-order chi connectivity index (χ0) is 14.2. The van der Waals surface area contributed by atoms with E-state index in [1.165, 1.54) is 10.6 Å². The Morgan fingerprint density at radius 2 is 1.95 bits per heavy atom. The second-order valence-electron chi connectivity index (χ2n) is 3.86. The molecular weight excluding hydrogens is 325 g/mol. The van der Waals surface area contributed by atoms with Crippen molar-refractivity contribution in [2.45, 2.75) is 0 Å². The lowest BCUT2D eigenvalue weighted by atomic mass is 10.2. The molecule has 0 spiro atoms. The summed E-state index contributed by atoms with van der Waals surface area (Å²) in [5.41, 5.74) is -0.323. The molecular formula is C12H8BrF3N2O. The standard InChI is InChI=1S/C12H8BrF3N2O/c1-18-5-6(13)2-10(18)12(19)17-9-4-7(14)3-8(15)11(9)16/h2-5H,1H3,(H,17,19). The van der Waals surface area contributed by atoms with E-state index in [1.54, 1.807) is 13.2 Å². The van der Waals surface area contributed by atoms with E-state index in [2.05, 4.69) is 21.2 Å². The summed E-state index contributed by atoms with van der Waals surface area (Å²) in [6, 6.07) is 2.63. The molecule has 1 amide bonds. The van der Waals surface area contributed by atoms with Crippen molar-refractivity contribution in [2.75, 3.05) is 5.32 Å². The van der Waals surface area contributed by atoms with Crippen molar-refractivity contribution in [3.05, 3.63) is 52.0 Å². The van der Waals surface area contributed by atoms with E-state index in [4.69, 9.17) is 0 Å². The number of halogens is 4. The highest BCUT2D eigenvalue weighted by atomic mass is 79.9. The largest absolute Gasteiger partial charge is 0.345 e. The average Bonchev–Trinajstić information content (AvgIpc) is 2.64. The first-order chi connectivity index (χ1) is 8.88. The first-order valence-electron chi connectivity index (χ1n) is 5.16. The van der Waals surface area contributed by atoms with Crippen LogP contribution in [0.25, 0.3) is 0 Å². The number of benzene rings is 1. The van der Waals surface area contributed by atoms with Gasteiger partial charge in [-0.05, 0) is 22.0 Å². The van der Waals surface area contributed by atoms with Gasteiger partial charge >= 0.3 is 0 Å². The fraction of sp³-hybridized carbons (Fsp3) is 0.0833. The fourth-order valence-corrected chi connectivity index (χ4v) is 2.11. The van der Waals surface area contributed by atoms with Crippen molar-refractivity contribution in [1.82, 2.24) is 4.57 Å². The zero-order valence-electron chi connectivity index (χ0n) is 9.68. The lowest BCUT2D eigenvalue weighted by Crippen LogP contribution is -2.16. The number of carbonyl (C=O) groups is 1. The Morgan fingerprint density at radius 3 is 2.53 bits per heavy atom. The third-order valence-corrected chi connectivity index (χ3v) is 2.88. The topological polar surface area (TPSA) is 34.0 Å². The molecule has 0 bridgehead atoms. The van der Waals surface area contributed by atoms with Gasteiger partial charge in [0.1, 0.15) is 11.5 Å². The van der Waals surface area contributed by atoms with E-state index in [1.807, 2.05) is 0 Å². The van der Waals surface area contributed by atoms with Crippen LogP contribution in [-0.2, 0) is 7.05 Å². The van der Waals surface area contributed by atoms with Crippen LogP contribution in [0.5, 0.6) is 0 Å². The molecule has 0 atom stereocenters. The number of nitrogens with zero attached hydrogens (tertiary/aromatic N) is 1. The number of anilines is 1. The molecule has 0 aliphatic heterocycles. The first kappa shape index (κ1) is 13.7. The van der Waals surface area contributed by atoms with E-state index in [0.717, 1.165) is 0 Å². The SMILES string of the molecule is Cn1cc(Br)cc1C(=O)Nc1cc(F)cc(F)c1F. The molecule has 1 aromatic heterocycles. The van der Waals surface area contributed by atoms with Gasteiger partial charge in [0.25, 0.3) is 5.91 Å². The van der Waals surface area contributed by atoms with Crippen LogP contribution in [0.3, 0.4) is 0 Å². The number of hydrogen-bond donors (Lipinski definition) is 1. The maximum absolute atomic E-state index is 13.4. The molecule has 0 aliphatic rings. The van der Waals surface area contributed by atoms with E-state index >= 15 is 0 Å². The average molecular weight is 333 g/mol. The van der Waals surface area contributed by atoms with Crippen LogP contribution in [0.1, 0.15) is 10.5 Å². The Kier molecular flexibility index (Phi) is 3.66. The second-order valence-corrected chi connectivity index (χ2v) is 4.77. The van der Waals surface area contributed by atoms with E-state index in [0.29, 0.717) is 16.6 Å². The van der Waals surface area contributed by atoms with E-state index in [9.17, 15) is 18.0 Å². The van der Waals surface area contributed by atoms with Crippen LogP contribution in [0.15, 0.2) is 28.9 Å². The molecule has 2 rings (SSSR count). The lowest BCUT2D eigenvalue weighted by molar-refractivity contribution is 0.101. The molecule has 0 saturated heterocycles. The molecule has 0 unspecified atom stereocenters. The van der Waals surface area contributed by atoms with Crippen LogP contribution in [0.4, 0.5) is 18.9 Å². The van der Waals surface area contributed by atoms with Gasteiger partial charge in [0.05, 0.1) is 5.69 Å². The summed E-state index contributed by atoms with van der Waals surface area (Å²) in [6.07, 6.45) is 1.62. The molecule has 0 aliphatic carbocycles. The molecule has 1 heterocycles. The van der Waals surface area contributed by atoms with Gasteiger partial charge in [0.15, 0.2) is 11.6 Å². The molecule has 3 nitrogen and oxygen atoms in total. The Bertz CT molecular complexity index is 655. The summed E-state index contributed by atoms with van der Waals surface area (Å²) in [5, 5.41) is 2.13. The summed E-state index contributed by atoms with van der Waals surface area (Å²) in [4.78, 5) is 11.9. The van der Waals surface area contributed by atoms with Gasteiger partial charge in [-0.2, -0.15) is 0 Å². The smallest absolute Gasteiger partial charge is 0.272 e. The van der Waals surface area contributed by atoms with Crippen molar-refractivity contribution in [3.8, 4) is 0 Å². The fourth-order valence-electron chi connectivity index (χ4n) is 1.58. The second kappa shape index (κ2) is 5.08. The van der Waals surface area contributed by atoms with Gasteiger partial charge in [-0.25, -0.2) is 13.2 Å². The molecule has 0 saturated carbocycles. The number of amides is 1. The number of rotatable bonds is 2. The summed E-state index contributed by atoms with van der Waals surface area (Å²) in [6.45, 7) is 0. The predicted molar refractivity (Wildman–Crippen MR) is 67.4 cm³/mol. The van der Waals surface area contributed by atoms with Gasteiger partial charge in [-0.15, -0.1) is 0 Å². The Labute approximate surface area is 115 Å². The van der Waals surface area contributed by atoms with Gasteiger partial charge in [0, 0.05) is 29.8 Å². The van der Waals surface area contributed by atoms with Crippen molar-refractivity contribution in [2.24, 2.45) is 7.05 Å². The van der Waals surface area contributed by atoms with Crippen LogP contribution in [-0.4, -0.2) is 10.5 Å². The first-order valence-corrected chi connectivity index (χ1v) is 5.95. The van der Waals surface area contributed by atoms with Crippen molar-refractivity contribution in [3.63, 3.8) is 0 Å². The highest BCUT2D eigenvalue weighted by molar-refractivity contribution is 9.10. The van der Waals surface area contributed by atoms with Crippen LogP contribution in [0.2, 0.25) is 0 Å². The van der Waals surface area contributed by atoms with E-state index < -0.39 is 29.0 Å². The van der Waals surface area contributed by atoms with Gasteiger partial charge in [-0.1, -0.05) is 0 Å². The monoisotopic (exact) mass is 332 g/mol. The van der Waals surface area contributed by atoms with Crippen LogP contribution >= 0.6 is 15.9 Å². The Hall–Kier alpha value is -1.76. The summed E-state index contributed by atoms with van der Waals surface area (Å²) in [7, 11) is 1.61. The number of aryl methyl sites for hydroxylation is 1.